The van der Waals surface area contributed by atoms with Gasteiger partial charge in [-0.1, -0.05) is 28.9 Å². The van der Waals surface area contributed by atoms with E-state index < -0.39 is 6.10 Å². The molecule has 1 aromatic heterocycles. The van der Waals surface area contributed by atoms with E-state index in [2.05, 4.69) is 5.16 Å². The van der Waals surface area contributed by atoms with Crippen molar-refractivity contribution in [3.05, 3.63) is 40.6 Å². The highest BCUT2D eigenvalue weighted by Gasteiger charge is 2.31. The van der Waals surface area contributed by atoms with E-state index in [4.69, 9.17) is 16.1 Å². The molecule has 2 amide bonds. The second-order valence-corrected chi connectivity index (χ2v) is 6.69. The fraction of sp³-hybridized carbons (Fsp3) is 0.389. The van der Waals surface area contributed by atoms with Crippen LogP contribution in [-0.4, -0.2) is 58.1 Å². The van der Waals surface area contributed by atoms with Gasteiger partial charge in [0.05, 0.1) is 11.7 Å². The lowest BCUT2D eigenvalue weighted by Gasteiger charge is -2.33. The molecule has 2 aromatic rings. The molecule has 8 heteroatoms. The quantitative estimate of drug-likeness (QED) is 0.887. The molecule has 1 aromatic carbocycles. The van der Waals surface area contributed by atoms with Crippen molar-refractivity contribution in [3.8, 4) is 11.3 Å². The number of halogens is 1. The van der Waals surface area contributed by atoms with E-state index in [0.717, 1.165) is 0 Å². The molecule has 0 radical (unpaired) electrons. The summed E-state index contributed by atoms with van der Waals surface area (Å²) >= 11 is 5.91. The predicted molar refractivity (Wildman–Crippen MR) is 95.7 cm³/mol. The van der Waals surface area contributed by atoms with Gasteiger partial charge in [-0.2, -0.15) is 0 Å². The van der Waals surface area contributed by atoms with E-state index in [1.165, 1.54) is 6.92 Å². The van der Waals surface area contributed by atoms with Crippen LogP contribution in [0, 0.1) is 0 Å². The zero-order chi connectivity index (χ0) is 18.8. The van der Waals surface area contributed by atoms with Gasteiger partial charge in [-0.3, -0.25) is 9.59 Å². The Morgan fingerprint density at radius 1 is 1.15 bits per heavy atom. The number of aromatic nitrogens is 1. The van der Waals surface area contributed by atoms with Gasteiger partial charge in [-0.05, 0) is 19.1 Å². The third-order valence-electron chi connectivity index (χ3n) is 4.47. The molecule has 7 nitrogen and oxygen atoms in total. The van der Waals surface area contributed by atoms with Gasteiger partial charge in [0.25, 0.3) is 5.91 Å². The smallest absolute Gasteiger partial charge is 0.293 e. The second kappa shape index (κ2) is 7.47. The van der Waals surface area contributed by atoms with Crippen molar-refractivity contribution in [2.45, 2.75) is 20.0 Å². The topological polar surface area (TPSA) is 86.9 Å². The molecule has 0 unspecified atom stereocenters. The van der Waals surface area contributed by atoms with Gasteiger partial charge in [0.1, 0.15) is 5.69 Å². The molecule has 1 saturated heterocycles. The third-order valence-corrected chi connectivity index (χ3v) is 4.72. The first-order valence-corrected chi connectivity index (χ1v) is 8.74. The Morgan fingerprint density at radius 3 is 2.27 bits per heavy atom. The zero-order valence-corrected chi connectivity index (χ0v) is 15.4. The second-order valence-electron chi connectivity index (χ2n) is 6.26. The van der Waals surface area contributed by atoms with Gasteiger partial charge in [0.15, 0.2) is 0 Å². The fourth-order valence-corrected chi connectivity index (χ4v) is 3.15. The number of rotatable bonds is 3. The predicted octanol–water partition coefficient (Wildman–Crippen LogP) is 2.35. The van der Waals surface area contributed by atoms with Crippen molar-refractivity contribution in [1.82, 2.24) is 15.0 Å². The maximum absolute atomic E-state index is 12.9. The summed E-state index contributed by atoms with van der Waals surface area (Å²) in [6, 6.07) is 6.93. The lowest BCUT2D eigenvalue weighted by molar-refractivity contribution is -0.130. The van der Waals surface area contributed by atoms with Gasteiger partial charge in [-0.15, -0.1) is 0 Å². The standard InChI is InChI=1S/C18H20ClN3O4/c1-11(23)15-16(13-3-5-14(19)6-4-13)20-26-17(15)18(25)22-9-7-21(8-10-22)12(2)24/h3-6,11,23H,7-10H2,1-2H3/t11-/m0/s1. The van der Waals surface area contributed by atoms with E-state index in [9.17, 15) is 14.7 Å². The highest BCUT2D eigenvalue weighted by molar-refractivity contribution is 6.30. The van der Waals surface area contributed by atoms with Crippen LogP contribution in [-0.2, 0) is 4.79 Å². The van der Waals surface area contributed by atoms with Crippen molar-refractivity contribution in [1.29, 1.82) is 0 Å². The molecule has 2 heterocycles. The Kier molecular flexibility index (Phi) is 5.29. The number of aliphatic hydroxyl groups excluding tert-OH is 1. The number of carbonyl (C=O) groups is 2. The molecular formula is C18H20ClN3O4. The summed E-state index contributed by atoms with van der Waals surface area (Å²) in [6.07, 6.45) is -0.926. The van der Waals surface area contributed by atoms with E-state index >= 15 is 0 Å². The van der Waals surface area contributed by atoms with Crippen LogP contribution in [0.3, 0.4) is 0 Å². The summed E-state index contributed by atoms with van der Waals surface area (Å²) in [7, 11) is 0. The maximum Gasteiger partial charge on any atom is 0.293 e. The number of nitrogens with zero attached hydrogens (tertiary/aromatic N) is 3. The summed E-state index contributed by atoms with van der Waals surface area (Å²) in [5, 5.41) is 14.8. The van der Waals surface area contributed by atoms with Crippen LogP contribution in [0.25, 0.3) is 11.3 Å². The number of aliphatic hydroxyl groups is 1. The Morgan fingerprint density at radius 2 is 1.73 bits per heavy atom. The number of hydrogen-bond donors (Lipinski definition) is 1. The first kappa shape index (κ1) is 18.4. The number of piperazine rings is 1. The zero-order valence-electron chi connectivity index (χ0n) is 14.6. The first-order chi connectivity index (χ1) is 12.4. The molecule has 0 spiro atoms. The van der Waals surface area contributed by atoms with Crippen molar-refractivity contribution in [2.24, 2.45) is 0 Å². The lowest BCUT2D eigenvalue weighted by atomic mass is 10.0. The van der Waals surface area contributed by atoms with Gasteiger partial charge >= 0.3 is 0 Å². The molecule has 0 saturated carbocycles. The number of benzene rings is 1. The van der Waals surface area contributed by atoms with Crippen molar-refractivity contribution in [3.63, 3.8) is 0 Å². The van der Waals surface area contributed by atoms with Gasteiger partial charge in [0.2, 0.25) is 11.7 Å². The summed E-state index contributed by atoms with van der Waals surface area (Å²) in [6.45, 7) is 4.85. The summed E-state index contributed by atoms with van der Waals surface area (Å²) in [4.78, 5) is 27.6. The summed E-state index contributed by atoms with van der Waals surface area (Å²) in [5.74, 6) is -0.315. The van der Waals surface area contributed by atoms with Crippen molar-refractivity contribution >= 4 is 23.4 Å². The minimum absolute atomic E-state index is 0.00791. The van der Waals surface area contributed by atoms with E-state index in [1.54, 1.807) is 41.0 Å². The molecule has 1 N–H and O–H groups in total. The van der Waals surface area contributed by atoms with E-state index in [-0.39, 0.29) is 17.6 Å². The van der Waals surface area contributed by atoms with Crippen molar-refractivity contribution in [2.75, 3.05) is 26.2 Å². The lowest BCUT2D eigenvalue weighted by Crippen LogP contribution is -2.50. The highest BCUT2D eigenvalue weighted by Crippen LogP contribution is 2.32. The van der Waals surface area contributed by atoms with Crippen LogP contribution in [0.1, 0.15) is 36.1 Å². The molecule has 138 valence electrons. The normalized spacial score (nSPS) is 15.8. The monoisotopic (exact) mass is 377 g/mol. The van der Waals surface area contributed by atoms with E-state index in [0.29, 0.717) is 48.0 Å². The Bertz CT molecular complexity index is 808. The number of amides is 2. The summed E-state index contributed by atoms with van der Waals surface area (Å²) < 4.78 is 5.32. The molecular weight excluding hydrogens is 358 g/mol. The van der Waals surface area contributed by atoms with Crippen LogP contribution in [0.2, 0.25) is 5.02 Å². The number of carbonyl (C=O) groups excluding carboxylic acids is 2. The minimum atomic E-state index is -0.926. The van der Waals surface area contributed by atoms with Gasteiger partial charge in [0, 0.05) is 43.7 Å². The largest absolute Gasteiger partial charge is 0.388 e. The van der Waals surface area contributed by atoms with Crippen LogP contribution < -0.4 is 0 Å². The average molecular weight is 378 g/mol. The number of hydrogen-bond acceptors (Lipinski definition) is 5. The molecule has 1 fully saturated rings. The van der Waals surface area contributed by atoms with Crippen LogP contribution >= 0.6 is 11.6 Å². The van der Waals surface area contributed by atoms with E-state index in [1.807, 2.05) is 0 Å². The average Bonchev–Trinajstić information content (AvgIpc) is 3.07. The molecule has 3 rings (SSSR count). The molecule has 0 bridgehead atoms. The molecule has 26 heavy (non-hydrogen) atoms. The first-order valence-electron chi connectivity index (χ1n) is 8.37. The molecule has 1 atom stereocenters. The fourth-order valence-electron chi connectivity index (χ4n) is 3.02. The SMILES string of the molecule is CC(=O)N1CCN(C(=O)c2onc(-c3ccc(Cl)cc3)c2[C@H](C)O)CC1. The molecule has 1 aliphatic heterocycles. The van der Waals surface area contributed by atoms with Crippen LogP contribution in [0.5, 0.6) is 0 Å². The van der Waals surface area contributed by atoms with Crippen LogP contribution in [0.4, 0.5) is 0 Å². The highest BCUT2D eigenvalue weighted by atomic mass is 35.5. The van der Waals surface area contributed by atoms with Gasteiger partial charge < -0.3 is 19.4 Å². The maximum atomic E-state index is 12.9. The Labute approximate surface area is 156 Å². The molecule has 1 aliphatic rings. The molecule has 0 aliphatic carbocycles. The van der Waals surface area contributed by atoms with Crippen LogP contribution in [0.15, 0.2) is 28.8 Å². The Balaban J connectivity index is 1.87. The third kappa shape index (κ3) is 3.59. The summed E-state index contributed by atoms with van der Waals surface area (Å²) in [5.41, 5.74) is 1.48. The van der Waals surface area contributed by atoms with Crippen molar-refractivity contribution < 1.29 is 19.2 Å². The Hall–Kier alpha value is -2.38. The minimum Gasteiger partial charge on any atom is -0.388 e. The van der Waals surface area contributed by atoms with Gasteiger partial charge in [-0.25, -0.2) is 0 Å².